The molecule has 92 valence electrons. The standard InChI is InChI=1S/C14H13FN2S/c1-8-4-10(6-11(15)5-8)14-16-12(9-2-3-9)7-13(18)17-14/h4-7,9H,2-3H2,1H3,(H,16,17,18). The van der Waals surface area contributed by atoms with Crippen LogP contribution in [0.15, 0.2) is 24.3 Å². The van der Waals surface area contributed by atoms with Crippen LogP contribution in [0.5, 0.6) is 0 Å². The van der Waals surface area contributed by atoms with Crippen LogP contribution in [0.1, 0.15) is 30.0 Å². The minimum absolute atomic E-state index is 0.247. The molecule has 0 bridgehead atoms. The van der Waals surface area contributed by atoms with Gasteiger partial charge in [0.25, 0.3) is 0 Å². The summed E-state index contributed by atoms with van der Waals surface area (Å²) in [5.41, 5.74) is 2.75. The topological polar surface area (TPSA) is 28.7 Å². The third kappa shape index (κ3) is 2.34. The smallest absolute Gasteiger partial charge is 0.139 e. The molecule has 4 heteroatoms. The highest BCUT2D eigenvalue weighted by Crippen LogP contribution is 2.39. The van der Waals surface area contributed by atoms with Crippen molar-refractivity contribution >= 4 is 12.2 Å². The van der Waals surface area contributed by atoms with Crippen molar-refractivity contribution in [1.82, 2.24) is 9.97 Å². The second-order valence-corrected chi connectivity index (χ2v) is 5.23. The van der Waals surface area contributed by atoms with Gasteiger partial charge < -0.3 is 4.98 Å². The number of benzene rings is 1. The molecule has 1 heterocycles. The van der Waals surface area contributed by atoms with E-state index >= 15 is 0 Å². The van der Waals surface area contributed by atoms with Crippen LogP contribution in [0.2, 0.25) is 0 Å². The Morgan fingerprint density at radius 3 is 2.72 bits per heavy atom. The highest BCUT2D eigenvalue weighted by atomic mass is 32.1. The van der Waals surface area contributed by atoms with Gasteiger partial charge in [0.05, 0.1) is 0 Å². The minimum Gasteiger partial charge on any atom is -0.343 e. The van der Waals surface area contributed by atoms with Crippen molar-refractivity contribution in [3.8, 4) is 11.4 Å². The molecule has 0 radical (unpaired) electrons. The Balaban J connectivity index is 2.12. The number of hydrogen-bond acceptors (Lipinski definition) is 2. The predicted molar refractivity (Wildman–Crippen MR) is 71.5 cm³/mol. The molecule has 18 heavy (non-hydrogen) atoms. The van der Waals surface area contributed by atoms with Crippen LogP contribution in [-0.4, -0.2) is 9.97 Å². The third-order valence-corrected chi connectivity index (χ3v) is 3.31. The number of hydrogen-bond donors (Lipinski definition) is 1. The van der Waals surface area contributed by atoms with Crippen molar-refractivity contribution in [2.45, 2.75) is 25.7 Å². The summed E-state index contributed by atoms with van der Waals surface area (Å²) in [6.45, 7) is 1.87. The second kappa shape index (κ2) is 4.28. The van der Waals surface area contributed by atoms with Gasteiger partial charge in [0, 0.05) is 11.3 Å². The molecule has 0 aliphatic heterocycles. The molecule has 1 saturated carbocycles. The van der Waals surface area contributed by atoms with Crippen molar-refractivity contribution in [2.75, 3.05) is 0 Å². The van der Waals surface area contributed by atoms with Crippen LogP contribution >= 0.6 is 12.2 Å². The normalized spacial score (nSPS) is 14.8. The quantitative estimate of drug-likeness (QED) is 0.822. The highest BCUT2D eigenvalue weighted by Gasteiger charge is 2.24. The minimum atomic E-state index is -0.247. The van der Waals surface area contributed by atoms with E-state index in [2.05, 4.69) is 9.97 Å². The van der Waals surface area contributed by atoms with Gasteiger partial charge in [0.1, 0.15) is 16.3 Å². The molecule has 1 aliphatic rings. The van der Waals surface area contributed by atoms with Gasteiger partial charge in [0.2, 0.25) is 0 Å². The number of halogens is 1. The number of aryl methyl sites for hydroxylation is 1. The maximum atomic E-state index is 13.4. The number of aromatic amines is 1. The average molecular weight is 260 g/mol. The summed E-state index contributed by atoms with van der Waals surface area (Å²) in [6.07, 6.45) is 2.38. The summed E-state index contributed by atoms with van der Waals surface area (Å²) in [7, 11) is 0. The molecule has 2 nitrogen and oxygen atoms in total. The third-order valence-electron chi connectivity index (χ3n) is 3.10. The van der Waals surface area contributed by atoms with E-state index in [4.69, 9.17) is 12.2 Å². The summed E-state index contributed by atoms with van der Waals surface area (Å²) >= 11 is 5.17. The Kier molecular flexibility index (Phi) is 2.74. The fraction of sp³-hybridized carbons (Fsp3) is 0.286. The zero-order valence-corrected chi connectivity index (χ0v) is 10.9. The number of nitrogens with zero attached hydrogens (tertiary/aromatic N) is 1. The molecule has 0 saturated heterocycles. The van der Waals surface area contributed by atoms with E-state index in [1.165, 1.54) is 25.0 Å². The van der Waals surface area contributed by atoms with Crippen LogP contribution in [0.4, 0.5) is 4.39 Å². The Labute approximate surface area is 110 Å². The Bertz CT molecular complexity index is 639. The number of aromatic nitrogens is 2. The first-order valence-corrected chi connectivity index (χ1v) is 6.41. The van der Waals surface area contributed by atoms with E-state index in [1.54, 1.807) is 0 Å². The van der Waals surface area contributed by atoms with Gasteiger partial charge in [0.15, 0.2) is 0 Å². The second-order valence-electron chi connectivity index (χ2n) is 4.81. The van der Waals surface area contributed by atoms with Gasteiger partial charge in [-0.2, -0.15) is 0 Å². The van der Waals surface area contributed by atoms with Crippen LogP contribution in [0, 0.1) is 17.4 Å². The summed E-state index contributed by atoms with van der Waals surface area (Å²) in [5.74, 6) is 0.984. The molecule has 1 aromatic carbocycles. The van der Waals surface area contributed by atoms with Gasteiger partial charge in [-0.25, -0.2) is 9.37 Å². The zero-order valence-electron chi connectivity index (χ0n) is 10.0. The molecular weight excluding hydrogens is 247 g/mol. The van der Waals surface area contributed by atoms with Crippen LogP contribution in [0.25, 0.3) is 11.4 Å². The summed E-state index contributed by atoms with van der Waals surface area (Å²) in [5, 5.41) is 0. The molecular formula is C14H13FN2S. The first-order chi connectivity index (χ1) is 8.61. The van der Waals surface area contributed by atoms with E-state index in [9.17, 15) is 4.39 Å². The van der Waals surface area contributed by atoms with Gasteiger partial charge >= 0.3 is 0 Å². The monoisotopic (exact) mass is 260 g/mol. The van der Waals surface area contributed by atoms with Gasteiger partial charge in [-0.15, -0.1) is 0 Å². The van der Waals surface area contributed by atoms with Crippen molar-refractivity contribution in [3.05, 3.63) is 46.0 Å². The number of H-pyrrole nitrogens is 1. The SMILES string of the molecule is Cc1cc(F)cc(-c2nc(=S)cc(C3CC3)[nH]2)c1. The lowest BCUT2D eigenvalue weighted by atomic mass is 10.1. The Morgan fingerprint density at radius 1 is 1.28 bits per heavy atom. The van der Waals surface area contributed by atoms with E-state index in [0.29, 0.717) is 16.4 Å². The maximum absolute atomic E-state index is 13.4. The fourth-order valence-corrected chi connectivity index (χ4v) is 2.32. The zero-order chi connectivity index (χ0) is 12.7. The van der Waals surface area contributed by atoms with E-state index in [0.717, 1.165) is 16.8 Å². The van der Waals surface area contributed by atoms with Gasteiger partial charge in [-0.05, 0) is 55.5 Å². The lowest BCUT2D eigenvalue weighted by molar-refractivity contribution is 0.627. The first-order valence-electron chi connectivity index (χ1n) is 6.00. The van der Waals surface area contributed by atoms with Gasteiger partial charge in [-0.1, -0.05) is 12.2 Å². The average Bonchev–Trinajstić information content (AvgIpc) is 3.10. The molecule has 1 N–H and O–H groups in total. The molecule has 0 amide bonds. The van der Waals surface area contributed by atoms with Crippen molar-refractivity contribution in [2.24, 2.45) is 0 Å². The van der Waals surface area contributed by atoms with Gasteiger partial charge in [-0.3, -0.25) is 0 Å². The molecule has 0 atom stereocenters. The highest BCUT2D eigenvalue weighted by molar-refractivity contribution is 7.71. The largest absolute Gasteiger partial charge is 0.343 e. The Hall–Kier alpha value is -1.55. The first kappa shape index (κ1) is 11.5. The van der Waals surface area contributed by atoms with Crippen LogP contribution < -0.4 is 0 Å². The molecule has 3 rings (SSSR count). The fourth-order valence-electron chi connectivity index (χ4n) is 2.10. The molecule has 1 fully saturated rings. The molecule has 0 unspecified atom stereocenters. The van der Waals surface area contributed by atoms with E-state index < -0.39 is 0 Å². The van der Waals surface area contributed by atoms with Crippen molar-refractivity contribution < 1.29 is 4.39 Å². The maximum Gasteiger partial charge on any atom is 0.139 e. The van der Waals surface area contributed by atoms with E-state index in [-0.39, 0.29) is 5.82 Å². The van der Waals surface area contributed by atoms with E-state index in [1.807, 2.05) is 19.1 Å². The van der Waals surface area contributed by atoms with Crippen molar-refractivity contribution in [3.63, 3.8) is 0 Å². The molecule has 1 aromatic heterocycles. The number of rotatable bonds is 2. The lowest BCUT2D eigenvalue weighted by Crippen LogP contribution is -1.95. The lowest BCUT2D eigenvalue weighted by Gasteiger charge is -2.06. The summed E-state index contributed by atoms with van der Waals surface area (Å²) in [4.78, 5) is 7.56. The molecule has 2 aromatic rings. The van der Waals surface area contributed by atoms with Crippen molar-refractivity contribution in [1.29, 1.82) is 0 Å². The van der Waals surface area contributed by atoms with Crippen LogP contribution in [0.3, 0.4) is 0 Å². The molecule has 0 spiro atoms. The summed E-state index contributed by atoms with van der Waals surface area (Å²) < 4.78 is 14.0. The number of nitrogens with one attached hydrogen (secondary N) is 1. The summed E-state index contributed by atoms with van der Waals surface area (Å²) in [6, 6.07) is 6.80. The predicted octanol–water partition coefficient (Wildman–Crippen LogP) is 4.13. The molecule has 1 aliphatic carbocycles. The van der Waals surface area contributed by atoms with Crippen LogP contribution in [-0.2, 0) is 0 Å². The Morgan fingerprint density at radius 2 is 2.06 bits per heavy atom.